The molecule has 0 unspecified atom stereocenters. The summed E-state index contributed by atoms with van der Waals surface area (Å²) >= 11 is 3.63. The average Bonchev–Trinajstić information content (AvgIpc) is 3.09. The van der Waals surface area contributed by atoms with Gasteiger partial charge in [0.2, 0.25) is 0 Å². The van der Waals surface area contributed by atoms with Gasteiger partial charge in [-0.05, 0) is 30.7 Å². The van der Waals surface area contributed by atoms with E-state index in [9.17, 15) is 0 Å². The molecule has 0 saturated carbocycles. The predicted molar refractivity (Wildman–Crippen MR) is 81.4 cm³/mol. The molecule has 2 nitrogen and oxygen atoms in total. The molecule has 0 fully saturated rings. The number of thiophene rings is 1. The first kappa shape index (κ1) is 12.5. The molecule has 0 spiro atoms. The molecule has 0 bridgehead atoms. The maximum Gasteiger partial charge on any atom is 0.0650 e. The van der Waals surface area contributed by atoms with Crippen molar-refractivity contribution in [3.8, 4) is 5.69 Å². The molecule has 2 heterocycles. The minimum atomic E-state index is 1.09. The smallest absolute Gasteiger partial charge is 0.0650 e. The van der Waals surface area contributed by atoms with E-state index in [4.69, 9.17) is 0 Å². The van der Waals surface area contributed by atoms with Crippen molar-refractivity contribution >= 4 is 23.1 Å². The van der Waals surface area contributed by atoms with Crippen molar-refractivity contribution in [1.29, 1.82) is 0 Å². The molecule has 4 heteroatoms. The molecule has 0 radical (unpaired) electrons. The summed E-state index contributed by atoms with van der Waals surface area (Å²) in [6, 6.07) is 14.6. The topological polar surface area (TPSA) is 17.8 Å². The van der Waals surface area contributed by atoms with Gasteiger partial charge >= 0.3 is 0 Å². The molecule has 0 atom stereocenters. The summed E-state index contributed by atoms with van der Waals surface area (Å²) in [5, 5.41) is 4.41. The molecule has 3 aromatic rings. The number of para-hydroxylation sites is 1. The molecular weight excluding hydrogens is 272 g/mol. The predicted octanol–water partition coefficient (Wildman–Crippen LogP) is 4.65. The summed E-state index contributed by atoms with van der Waals surface area (Å²) in [6.07, 6.45) is 5.10. The van der Waals surface area contributed by atoms with Crippen LogP contribution >= 0.6 is 23.1 Å². The van der Waals surface area contributed by atoms with Crippen LogP contribution in [-0.2, 0) is 6.42 Å². The van der Waals surface area contributed by atoms with Gasteiger partial charge in [0.05, 0.1) is 21.0 Å². The van der Waals surface area contributed by atoms with Crippen LogP contribution in [0.5, 0.6) is 0 Å². The highest BCUT2D eigenvalue weighted by Gasteiger charge is 2.05. The number of aromatic nitrogens is 2. The Morgan fingerprint density at radius 1 is 1.16 bits per heavy atom. The minimum absolute atomic E-state index is 1.09. The largest absolute Gasteiger partial charge is 0.240 e. The maximum absolute atomic E-state index is 4.41. The highest BCUT2D eigenvalue weighted by molar-refractivity contribution is 8.01. The molecule has 2 aromatic heterocycles. The first-order valence-corrected chi connectivity index (χ1v) is 7.85. The fourth-order valence-electron chi connectivity index (χ4n) is 1.80. The zero-order valence-electron chi connectivity index (χ0n) is 10.6. The summed E-state index contributed by atoms with van der Waals surface area (Å²) in [6.45, 7) is 2.19. The first-order valence-electron chi connectivity index (χ1n) is 6.22. The third kappa shape index (κ3) is 2.91. The maximum atomic E-state index is 4.41. The van der Waals surface area contributed by atoms with E-state index in [0.717, 1.165) is 12.1 Å². The standard InChI is InChI=1S/C15H14N2S2/c1-2-13-8-9-15(18-13)19-14-10-16-17(11-14)12-6-4-3-5-7-12/h3-11H,2H2,1H3. The van der Waals surface area contributed by atoms with Crippen LogP contribution in [0.3, 0.4) is 0 Å². The van der Waals surface area contributed by atoms with Crippen LogP contribution in [0.4, 0.5) is 0 Å². The normalized spacial score (nSPS) is 10.8. The van der Waals surface area contributed by atoms with Crippen molar-refractivity contribution in [2.45, 2.75) is 22.4 Å². The van der Waals surface area contributed by atoms with E-state index in [1.165, 1.54) is 14.0 Å². The lowest BCUT2D eigenvalue weighted by Gasteiger charge is -1.98. The van der Waals surface area contributed by atoms with E-state index in [-0.39, 0.29) is 0 Å². The van der Waals surface area contributed by atoms with Crippen molar-refractivity contribution in [3.05, 3.63) is 59.7 Å². The molecule has 0 aliphatic carbocycles. The van der Waals surface area contributed by atoms with E-state index >= 15 is 0 Å². The Labute approximate surface area is 121 Å². The highest BCUT2D eigenvalue weighted by Crippen LogP contribution is 2.33. The van der Waals surface area contributed by atoms with Gasteiger partial charge in [-0.15, -0.1) is 11.3 Å². The van der Waals surface area contributed by atoms with Gasteiger partial charge in [0.1, 0.15) is 0 Å². The molecular formula is C15H14N2S2. The van der Waals surface area contributed by atoms with E-state index in [0.29, 0.717) is 0 Å². The van der Waals surface area contributed by atoms with Crippen LogP contribution in [0.1, 0.15) is 11.8 Å². The fourth-order valence-corrected chi connectivity index (χ4v) is 3.87. The van der Waals surface area contributed by atoms with E-state index in [1.807, 2.05) is 40.4 Å². The van der Waals surface area contributed by atoms with Crippen molar-refractivity contribution < 1.29 is 0 Å². The SMILES string of the molecule is CCc1ccc(Sc2cnn(-c3ccccc3)c2)s1. The van der Waals surface area contributed by atoms with Crippen molar-refractivity contribution in [3.63, 3.8) is 0 Å². The van der Waals surface area contributed by atoms with Gasteiger partial charge in [0, 0.05) is 11.1 Å². The van der Waals surface area contributed by atoms with E-state index < -0.39 is 0 Å². The molecule has 0 aliphatic heterocycles. The molecule has 0 aliphatic rings. The lowest BCUT2D eigenvalue weighted by molar-refractivity contribution is 0.880. The number of nitrogens with zero attached hydrogens (tertiary/aromatic N) is 2. The lowest BCUT2D eigenvalue weighted by Crippen LogP contribution is -1.92. The Kier molecular flexibility index (Phi) is 3.71. The Bertz CT molecular complexity index is 656. The second-order valence-electron chi connectivity index (χ2n) is 4.13. The van der Waals surface area contributed by atoms with Gasteiger partial charge in [0.15, 0.2) is 0 Å². The Morgan fingerprint density at radius 2 is 2.00 bits per heavy atom. The molecule has 0 N–H and O–H groups in total. The quantitative estimate of drug-likeness (QED) is 0.695. The summed E-state index contributed by atoms with van der Waals surface area (Å²) in [5.41, 5.74) is 1.09. The van der Waals surface area contributed by atoms with E-state index in [1.54, 1.807) is 11.8 Å². The minimum Gasteiger partial charge on any atom is -0.240 e. The third-order valence-corrected chi connectivity index (χ3v) is 5.09. The van der Waals surface area contributed by atoms with Gasteiger partial charge in [-0.3, -0.25) is 0 Å². The van der Waals surface area contributed by atoms with Crippen LogP contribution < -0.4 is 0 Å². The second-order valence-corrected chi connectivity index (χ2v) is 6.67. The number of hydrogen-bond acceptors (Lipinski definition) is 3. The highest BCUT2D eigenvalue weighted by atomic mass is 32.2. The van der Waals surface area contributed by atoms with Gasteiger partial charge in [-0.25, -0.2) is 4.68 Å². The average molecular weight is 286 g/mol. The van der Waals surface area contributed by atoms with Crippen LogP contribution in [0.15, 0.2) is 64.0 Å². The fraction of sp³-hybridized carbons (Fsp3) is 0.133. The molecule has 0 saturated heterocycles. The van der Waals surface area contributed by atoms with Gasteiger partial charge in [-0.2, -0.15) is 5.10 Å². The van der Waals surface area contributed by atoms with Crippen LogP contribution in [0.2, 0.25) is 0 Å². The number of hydrogen-bond donors (Lipinski definition) is 0. The summed E-state index contributed by atoms with van der Waals surface area (Å²) < 4.78 is 3.24. The van der Waals surface area contributed by atoms with E-state index in [2.05, 4.69) is 42.5 Å². The van der Waals surface area contributed by atoms with Crippen LogP contribution in [0.25, 0.3) is 5.69 Å². The molecule has 1 aromatic carbocycles. The van der Waals surface area contributed by atoms with Gasteiger partial charge in [0.25, 0.3) is 0 Å². The molecule has 3 rings (SSSR count). The zero-order valence-corrected chi connectivity index (χ0v) is 12.2. The molecule has 96 valence electrons. The number of aryl methyl sites for hydroxylation is 1. The third-order valence-electron chi connectivity index (χ3n) is 2.78. The van der Waals surface area contributed by atoms with Crippen LogP contribution in [0, 0.1) is 0 Å². The first-order chi connectivity index (χ1) is 9.35. The number of rotatable bonds is 4. The van der Waals surface area contributed by atoms with Crippen LogP contribution in [-0.4, -0.2) is 9.78 Å². The monoisotopic (exact) mass is 286 g/mol. The Balaban J connectivity index is 1.78. The Hall–Kier alpha value is -1.52. The van der Waals surface area contributed by atoms with Crippen molar-refractivity contribution in [2.24, 2.45) is 0 Å². The van der Waals surface area contributed by atoms with Gasteiger partial charge in [-0.1, -0.05) is 36.9 Å². The van der Waals surface area contributed by atoms with Crippen molar-refractivity contribution in [2.75, 3.05) is 0 Å². The summed E-state index contributed by atoms with van der Waals surface area (Å²) in [7, 11) is 0. The molecule has 0 amide bonds. The zero-order chi connectivity index (χ0) is 13.1. The summed E-state index contributed by atoms with van der Waals surface area (Å²) in [4.78, 5) is 2.60. The summed E-state index contributed by atoms with van der Waals surface area (Å²) in [5.74, 6) is 0. The Morgan fingerprint density at radius 3 is 2.74 bits per heavy atom. The lowest BCUT2D eigenvalue weighted by atomic mass is 10.3. The second kappa shape index (κ2) is 5.63. The van der Waals surface area contributed by atoms with Crippen molar-refractivity contribution in [1.82, 2.24) is 9.78 Å². The van der Waals surface area contributed by atoms with Gasteiger partial charge < -0.3 is 0 Å². The number of benzene rings is 1. The molecule has 19 heavy (non-hydrogen) atoms.